The van der Waals surface area contributed by atoms with Gasteiger partial charge in [0.2, 0.25) is 0 Å². The third-order valence-electron chi connectivity index (χ3n) is 4.16. The number of hydrogen-bond donors (Lipinski definition) is 1. The summed E-state index contributed by atoms with van der Waals surface area (Å²) < 4.78 is 7.55. The maximum absolute atomic E-state index is 5.34. The highest BCUT2D eigenvalue weighted by Crippen LogP contribution is 2.31. The Kier molecular flexibility index (Phi) is 2.64. The zero-order valence-electron chi connectivity index (χ0n) is 12.2. The number of aryl methyl sites for hydroxylation is 1. The van der Waals surface area contributed by atoms with E-state index in [0.717, 1.165) is 30.2 Å². The van der Waals surface area contributed by atoms with Crippen molar-refractivity contribution >= 4 is 27.6 Å². The maximum Gasteiger partial charge on any atom is 0.128 e. The Morgan fingerprint density at radius 1 is 1.10 bits per heavy atom. The Morgan fingerprint density at radius 2 is 1.86 bits per heavy atom. The Labute approximate surface area is 123 Å². The molecule has 2 aromatic carbocycles. The van der Waals surface area contributed by atoms with Crippen molar-refractivity contribution in [1.82, 2.24) is 9.88 Å². The van der Waals surface area contributed by atoms with Crippen LogP contribution in [0.1, 0.15) is 5.56 Å². The van der Waals surface area contributed by atoms with Crippen molar-refractivity contribution in [1.29, 1.82) is 0 Å². The minimum atomic E-state index is 0.861. The fourth-order valence-corrected chi connectivity index (χ4v) is 3.05. The average Bonchev–Trinajstić information content (AvgIpc) is 3.15. The molecule has 2 heterocycles. The maximum atomic E-state index is 5.34. The fourth-order valence-electron chi connectivity index (χ4n) is 3.05. The van der Waals surface area contributed by atoms with Crippen molar-refractivity contribution in [2.24, 2.45) is 12.0 Å². The van der Waals surface area contributed by atoms with E-state index >= 15 is 0 Å². The van der Waals surface area contributed by atoms with Gasteiger partial charge in [0.1, 0.15) is 11.6 Å². The summed E-state index contributed by atoms with van der Waals surface area (Å²) in [4.78, 5) is 4.50. The van der Waals surface area contributed by atoms with Gasteiger partial charge < -0.3 is 14.6 Å². The molecule has 3 aromatic rings. The summed E-state index contributed by atoms with van der Waals surface area (Å²) in [6.45, 7) is 1.79. The molecule has 1 N–H and O–H groups in total. The predicted octanol–water partition coefficient (Wildman–Crippen LogP) is 2.69. The first-order valence-corrected chi connectivity index (χ1v) is 7.13. The number of benzene rings is 2. The van der Waals surface area contributed by atoms with Crippen LogP contribution in [0.5, 0.6) is 5.75 Å². The summed E-state index contributed by atoms with van der Waals surface area (Å²) in [5, 5.41) is 5.84. The van der Waals surface area contributed by atoms with Gasteiger partial charge in [-0.05, 0) is 18.2 Å². The average molecular weight is 279 g/mol. The van der Waals surface area contributed by atoms with Gasteiger partial charge in [-0.2, -0.15) is 0 Å². The summed E-state index contributed by atoms with van der Waals surface area (Å²) in [5.41, 5.74) is 3.55. The molecule has 0 unspecified atom stereocenters. The summed E-state index contributed by atoms with van der Waals surface area (Å²) >= 11 is 0. The van der Waals surface area contributed by atoms with Crippen LogP contribution in [0.4, 0.5) is 0 Å². The Morgan fingerprint density at radius 3 is 2.57 bits per heavy atom. The van der Waals surface area contributed by atoms with E-state index in [1.807, 2.05) is 6.07 Å². The highest BCUT2D eigenvalue weighted by atomic mass is 16.5. The second kappa shape index (κ2) is 4.52. The molecule has 0 amide bonds. The molecular weight excluding hydrogens is 262 g/mol. The highest BCUT2D eigenvalue weighted by Gasteiger charge is 2.13. The fraction of sp³-hybridized carbons (Fsp3) is 0.235. The van der Waals surface area contributed by atoms with Gasteiger partial charge in [0.25, 0.3) is 0 Å². The van der Waals surface area contributed by atoms with Crippen molar-refractivity contribution in [3.8, 4) is 5.75 Å². The van der Waals surface area contributed by atoms with Crippen LogP contribution in [0.15, 0.2) is 41.4 Å². The monoisotopic (exact) mass is 279 g/mol. The second-order valence-electron chi connectivity index (χ2n) is 5.33. The lowest BCUT2D eigenvalue weighted by Gasteiger charge is -2.04. The molecule has 0 aliphatic carbocycles. The number of rotatable bonds is 2. The van der Waals surface area contributed by atoms with Crippen LogP contribution in [0.2, 0.25) is 0 Å². The van der Waals surface area contributed by atoms with Crippen molar-refractivity contribution in [3.63, 3.8) is 0 Å². The predicted molar refractivity (Wildman–Crippen MR) is 86.4 cm³/mol. The lowest BCUT2D eigenvalue weighted by atomic mass is 10.1. The summed E-state index contributed by atoms with van der Waals surface area (Å²) in [6, 6.07) is 12.8. The third kappa shape index (κ3) is 1.79. The number of nitrogens with one attached hydrogen (secondary N) is 1. The number of nitrogens with zero attached hydrogens (tertiary/aromatic N) is 2. The molecule has 0 spiro atoms. The van der Waals surface area contributed by atoms with Crippen molar-refractivity contribution in [2.75, 3.05) is 20.2 Å². The smallest absolute Gasteiger partial charge is 0.128 e. The molecule has 0 radical (unpaired) electrons. The summed E-state index contributed by atoms with van der Waals surface area (Å²) in [5.74, 6) is 1.88. The molecule has 106 valence electrons. The Hall–Kier alpha value is -2.49. The van der Waals surface area contributed by atoms with E-state index in [-0.39, 0.29) is 0 Å². The number of hydrogen-bond acceptors (Lipinski definition) is 3. The van der Waals surface area contributed by atoms with Gasteiger partial charge in [-0.15, -0.1) is 0 Å². The number of aromatic nitrogens is 1. The van der Waals surface area contributed by atoms with E-state index in [9.17, 15) is 0 Å². The van der Waals surface area contributed by atoms with E-state index in [0.29, 0.717) is 0 Å². The molecular formula is C17H17N3O. The van der Waals surface area contributed by atoms with Crippen LogP contribution in [0, 0.1) is 0 Å². The van der Waals surface area contributed by atoms with Gasteiger partial charge in [0, 0.05) is 41.5 Å². The molecule has 1 aliphatic rings. The van der Waals surface area contributed by atoms with Crippen molar-refractivity contribution < 1.29 is 4.74 Å². The number of fused-ring (bicyclic) bond motifs is 3. The van der Waals surface area contributed by atoms with Gasteiger partial charge in [-0.25, -0.2) is 0 Å². The topological polar surface area (TPSA) is 38.5 Å². The normalized spacial score (nSPS) is 14.5. The van der Waals surface area contributed by atoms with E-state index in [2.05, 4.69) is 52.3 Å². The first-order valence-electron chi connectivity index (χ1n) is 7.13. The zero-order valence-corrected chi connectivity index (χ0v) is 12.2. The largest absolute Gasteiger partial charge is 0.497 e. The molecule has 0 fully saturated rings. The minimum absolute atomic E-state index is 0.861. The quantitative estimate of drug-likeness (QED) is 0.783. The third-order valence-corrected chi connectivity index (χ3v) is 4.16. The van der Waals surface area contributed by atoms with Crippen molar-refractivity contribution in [3.05, 3.63) is 42.0 Å². The Balaban J connectivity index is 1.98. The number of aliphatic imine (C=N–C) groups is 1. The molecule has 4 heteroatoms. The van der Waals surface area contributed by atoms with Gasteiger partial charge in [0.15, 0.2) is 0 Å². The number of amidine groups is 1. The van der Waals surface area contributed by atoms with Gasteiger partial charge in [0.05, 0.1) is 19.2 Å². The molecule has 0 bridgehead atoms. The Bertz CT molecular complexity index is 876. The summed E-state index contributed by atoms with van der Waals surface area (Å²) in [7, 11) is 3.80. The molecule has 4 rings (SSSR count). The van der Waals surface area contributed by atoms with E-state index in [1.165, 1.54) is 21.8 Å². The van der Waals surface area contributed by atoms with Gasteiger partial charge in [-0.3, -0.25) is 4.99 Å². The molecule has 0 saturated heterocycles. The molecule has 1 aromatic heterocycles. The van der Waals surface area contributed by atoms with Crippen LogP contribution < -0.4 is 10.1 Å². The van der Waals surface area contributed by atoms with Crippen LogP contribution in [-0.4, -0.2) is 30.6 Å². The van der Waals surface area contributed by atoms with E-state index < -0.39 is 0 Å². The zero-order chi connectivity index (χ0) is 14.4. The lowest BCUT2D eigenvalue weighted by molar-refractivity contribution is 0.415. The standard InChI is InChI=1S/C17H17N3O/c1-20-15-9-11(17-18-7-8-19-17)3-5-13(15)14-6-4-12(21-2)10-16(14)20/h3-6,9-10H,7-8H2,1-2H3,(H,18,19). The van der Waals surface area contributed by atoms with Crippen LogP contribution in [0.25, 0.3) is 21.8 Å². The first kappa shape index (κ1) is 12.3. The SMILES string of the molecule is COc1ccc2c3ccc(C4=NCCN4)cc3n(C)c2c1. The van der Waals surface area contributed by atoms with Crippen LogP contribution in [-0.2, 0) is 7.05 Å². The minimum Gasteiger partial charge on any atom is -0.497 e. The first-order chi connectivity index (χ1) is 10.3. The number of methoxy groups -OCH3 is 1. The molecule has 0 atom stereocenters. The second-order valence-corrected chi connectivity index (χ2v) is 5.33. The molecule has 4 nitrogen and oxygen atoms in total. The molecule has 0 saturated carbocycles. The summed E-state index contributed by atoms with van der Waals surface area (Å²) in [6.07, 6.45) is 0. The van der Waals surface area contributed by atoms with E-state index in [4.69, 9.17) is 4.74 Å². The van der Waals surface area contributed by atoms with Gasteiger partial charge >= 0.3 is 0 Å². The molecule has 21 heavy (non-hydrogen) atoms. The van der Waals surface area contributed by atoms with E-state index in [1.54, 1.807) is 7.11 Å². The van der Waals surface area contributed by atoms with Gasteiger partial charge in [-0.1, -0.05) is 12.1 Å². The highest BCUT2D eigenvalue weighted by molar-refractivity contribution is 6.11. The molecule has 1 aliphatic heterocycles. The van der Waals surface area contributed by atoms with Crippen LogP contribution >= 0.6 is 0 Å². The lowest BCUT2D eigenvalue weighted by Crippen LogP contribution is -2.19. The van der Waals surface area contributed by atoms with Crippen LogP contribution in [0.3, 0.4) is 0 Å². The number of ether oxygens (including phenoxy) is 1. The van der Waals surface area contributed by atoms with Crippen molar-refractivity contribution in [2.45, 2.75) is 0 Å².